The van der Waals surface area contributed by atoms with Gasteiger partial charge in [-0.05, 0) is 25.1 Å². The van der Waals surface area contributed by atoms with E-state index in [9.17, 15) is 4.79 Å². The number of benzene rings is 1. The first-order valence-corrected chi connectivity index (χ1v) is 7.42. The Labute approximate surface area is 120 Å². The summed E-state index contributed by atoms with van der Waals surface area (Å²) in [7, 11) is 2.02. The summed E-state index contributed by atoms with van der Waals surface area (Å²) < 4.78 is 0. The van der Waals surface area contributed by atoms with Gasteiger partial charge in [0.1, 0.15) is 0 Å². The summed E-state index contributed by atoms with van der Waals surface area (Å²) in [4.78, 5) is 14.9. The van der Waals surface area contributed by atoms with E-state index in [1.54, 1.807) is 0 Å². The van der Waals surface area contributed by atoms with E-state index in [1.165, 1.54) is 5.56 Å². The average Bonchev–Trinajstić information content (AvgIpc) is 2.79. The van der Waals surface area contributed by atoms with Gasteiger partial charge in [-0.3, -0.25) is 9.69 Å². The van der Waals surface area contributed by atoms with Gasteiger partial charge in [-0.15, -0.1) is 0 Å². The Kier molecular flexibility index (Phi) is 3.42. The number of likely N-dealkylation sites (N-methyl/N-ethyl adjacent to an activating group) is 1. The number of nitrogens with zero attached hydrogens (tertiary/aromatic N) is 1. The Hall–Kier alpha value is -1.55. The molecule has 2 N–H and O–H groups in total. The Bertz CT molecular complexity index is 526. The fraction of sp³-hybridized carbons (Fsp3) is 0.562. The third kappa shape index (κ3) is 2.18. The van der Waals surface area contributed by atoms with Crippen LogP contribution in [-0.4, -0.2) is 43.4 Å². The van der Waals surface area contributed by atoms with Crippen molar-refractivity contribution in [3.63, 3.8) is 0 Å². The molecule has 20 heavy (non-hydrogen) atoms. The number of carbonyl (C=O) groups excluding carboxylic acids is 1. The maximum atomic E-state index is 12.8. The van der Waals surface area contributed by atoms with E-state index in [4.69, 9.17) is 0 Å². The largest absolute Gasteiger partial charge is 0.383 e. The highest BCUT2D eigenvalue weighted by Crippen LogP contribution is 2.43. The number of hydrogen-bond acceptors (Lipinski definition) is 4. The number of carbonyl (C=O) groups is 1. The predicted octanol–water partition coefficient (Wildman–Crippen LogP) is 2.15. The molecule has 2 heterocycles. The second kappa shape index (κ2) is 5.09. The SMILES string of the molecule is CC(C)C1Nc2cccc3c2C1C(=O)CN(C)CCN3. The molecule has 0 saturated heterocycles. The van der Waals surface area contributed by atoms with Gasteiger partial charge >= 0.3 is 0 Å². The first-order chi connectivity index (χ1) is 9.58. The minimum atomic E-state index is -0.0331. The lowest BCUT2D eigenvalue weighted by molar-refractivity contribution is -0.121. The number of hydrogen-bond donors (Lipinski definition) is 2. The van der Waals surface area contributed by atoms with Crippen LogP contribution in [0.2, 0.25) is 0 Å². The minimum Gasteiger partial charge on any atom is -0.383 e. The molecule has 0 bridgehead atoms. The molecule has 2 aliphatic heterocycles. The van der Waals surface area contributed by atoms with Gasteiger partial charge in [0.25, 0.3) is 0 Å². The zero-order chi connectivity index (χ0) is 14.3. The second-order valence-electron chi connectivity index (χ2n) is 6.29. The highest BCUT2D eigenvalue weighted by Gasteiger charge is 2.40. The van der Waals surface area contributed by atoms with Crippen LogP contribution < -0.4 is 10.6 Å². The van der Waals surface area contributed by atoms with Crippen molar-refractivity contribution in [3.05, 3.63) is 23.8 Å². The maximum absolute atomic E-state index is 12.8. The third-order valence-electron chi connectivity index (χ3n) is 4.40. The van der Waals surface area contributed by atoms with Crippen LogP contribution in [0.5, 0.6) is 0 Å². The molecular weight excluding hydrogens is 250 g/mol. The summed E-state index contributed by atoms with van der Waals surface area (Å²) in [5, 5.41) is 7.05. The third-order valence-corrected chi connectivity index (χ3v) is 4.40. The van der Waals surface area contributed by atoms with Gasteiger partial charge in [-0.1, -0.05) is 19.9 Å². The molecular formula is C16H23N3O. The summed E-state index contributed by atoms with van der Waals surface area (Å²) in [6.45, 7) is 6.66. The summed E-state index contributed by atoms with van der Waals surface area (Å²) >= 11 is 0. The lowest BCUT2D eigenvalue weighted by Crippen LogP contribution is -2.37. The van der Waals surface area contributed by atoms with Crippen LogP contribution in [0.3, 0.4) is 0 Å². The van der Waals surface area contributed by atoms with Crippen LogP contribution in [0.1, 0.15) is 25.3 Å². The van der Waals surface area contributed by atoms with E-state index in [2.05, 4.69) is 47.6 Å². The normalized spacial score (nSPS) is 26.3. The lowest BCUT2D eigenvalue weighted by atomic mass is 9.84. The van der Waals surface area contributed by atoms with Crippen LogP contribution in [0.25, 0.3) is 0 Å². The number of Topliss-reactive ketones (excluding diaryl/α,β-unsaturated/α-hetero) is 1. The van der Waals surface area contributed by atoms with Crippen molar-refractivity contribution in [1.82, 2.24) is 4.90 Å². The van der Waals surface area contributed by atoms with E-state index in [0.29, 0.717) is 18.2 Å². The summed E-state index contributed by atoms with van der Waals surface area (Å²) in [6, 6.07) is 6.44. The molecule has 0 aromatic heterocycles. The van der Waals surface area contributed by atoms with Gasteiger partial charge in [-0.2, -0.15) is 0 Å². The molecule has 2 aliphatic rings. The Morgan fingerprint density at radius 3 is 2.80 bits per heavy atom. The number of nitrogens with one attached hydrogen (secondary N) is 2. The second-order valence-corrected chi connectivity index (χ2v) is 6.29. The van der Waals surface area contributed by atoms with Crippen molar-refractivity contribution in [2.75, 3.05) is 37.3 Å². The van der Waals surface area contributed by atoms with Gasteiger partial charge in [0.15, 0.2) is 5.78 Å². The molecule has 0 saturated carbocycles. The van der Waals surface area contributed by atoms with E-state index >= 15 is 0 Å². The van der Waals surface area contributed by atoms with E-state index in [1.807, 2.05) is 7.05 Å². The minimum absolute atomic E-state index is 0.0331. The summed E-state index contributed by atoms with van der Waals surface area (Å²) in [5.41, 5.74) is 3.41. The molecule has 0 aliphatic carbocycles. The molecule has 0 radical (unpaired) electrons. The topological polar surface area (TPSA) is 44.4 Å². The van der Waals surface area contributed by atoms with Crippen LogP contribution in [0, 0.1) is 5.92 Å². The molecule has 108 valence electrons. The Balaban J connectivity index is 2.08. The zero-order valence-corrected chi connectivity index (χ0v) is 12.4. The van der Waals surface area contributed by atoms with Gasteiger partial charge in [-0.25, -0.2) is 0 Å². The van der Waals surface area contributed by atoms with Crippen molar-refractivity contribution < 1.29 is 4.79 Å². The fourth-order valence-corrected chi connectivity index (χ4v) is 3.36. The standard InChI is InChI=1S/C16H23N3O/c1-10(2)16-15-13(20)9-19(3)8-7-17-11-5-4-6-12(18-16)14(11)15/h4-6,10,15-18H,7-9H2,1-3H3. The van der Waals surface area contributed by atoms with E-state index < -0.39 is 0 Å². The molecule has 4 heteroatoms. The van der Waals surface area contributed by atoms with Gasteiger partial charge in [0, 0.05) is 36.1 Å². The van der Waals surface area contributed by atoms with Crippen LogP contribution >= 0.6 is 0 Å². The van der Waals surface area contributed by atoms with Crippen molar-refractivity contribution in [1.29, 1.82) is 0 Å². The summed E-state index contributed by atoms with van der Waals surface area (Å²) in [6.07, 6.45) is 0. The van der Waals surface area contributed by atoms with Gasteiger partial charge in [0.05, 0.1) is 12.5 Å². The lowest BCUT2D eigenvalue weighted by Gasteiger charge is -2.24. The zero-order valence-electron chi connectivity index (χ0n) is 12.4. The van der Waals surface area contributed by atoms with Gasteiger partial charge in [0.2, 0.25) is 0 Å². The number of anilines is 2. The average molecular weight is 273 g/mol. The molecule has 3 rings (SSSR count). The first-order valence-electron chi connectivity index (χ1n) is 7.42. The highest BCUT2D eigenvalue weighted by molar-refractivity contribution is 5.94. The molecule has 0 amide bonds. The number of ketones is 1. The molecule has 1 aromatic carbocycles. The van der Waals surface area contributed by atoms with Crippen molar-refractivity contribution >= 4 is 17.2 Å². The Morgan fingerprint density at radius 2 is 2.05 bits per heavy atom. The summed E-state index contributed by atoms with van der Waals surface area (Å²) in [5.74, 6) is 0.720. The first kappa shape index (κ1) is 13.4. The predicted molar refractivity (Wildman–Crippen MR) is 82.4 cm³/mol. The monoisotopic (exact) mass is 273 g/mol. The molecule has 1 aromatic rings. The smallest absolute Gasteiger partial charge is 0.156 e. The molecule has 0 fully saturated rings. The molecule has 2 atom stereocenters. The quantitative estimate of drug-likeness (QED) is 0.823. The van der Waals surface area contributed by atoms with Crippen LogP contribution in [0.4, 0.5) is 11.4 Å². The molecule has 4 nitrogen and oxygen atoms in total. The van der Waals surface area contributed by atoms with Crippen molar-refractivity contribution in [3.8, 4) is 0 Å². The van der Waals surface area contributed by atoms with E-state index in [0.717, 1.165) is 24.5 Å². The van der Waals surface area contributed by atoms with E-state index in [-0.39, 0.29) is 12.0 Å². The molecule has 2 unspecified atom stereocenters. The van der Waals surface area contributed by atoms with Crippen molar-refractivity contribution in [2.45, 2.75) is 25.8 Å². The fourth-order valence-electron chi connectivity index (χ4n) is 3.36. The van der Waals surface area contributed by atoms with Crippen LogP contribution in [-0.2, 0) is 4.79 Å². The number of rotatable bonds is 1. The highest BCUT2D eigenvalue weighted by atomic mass is 16.1. The Morgan fingerprint density at radius 1 is 1.30 bits per heavy atom. The maximum Gasteiger partial charge on any atom is 0.156 e. The molecule has 0 spiro atoms. The van der Waals surface area contributed by atoms with Crippen molar-refractivity contribution in [2.24, 2.45) is 5.92 Å². The van der Waals surface area contributed by atoms with Crippen LogP contribution in [0.15, 0.2) is 18.2 Å². The van der Waals surface area contributed by atoms with Gasteiger partial charge < -0.3 is 10.6 Å².